The van der Waals surface area contributed by atoms with Crippen molar-refractivity contribution in [3.8, 4) is 0 Å². The van der Waals surface area contributed by atoms with Crippen molar-refractivity contribution in [3.05, 3.63) is 47.8 Å². The fraction of sp³-hybridized carbons (Fsp3) is 0.450. The van der Waals surface area contributed by atoms with Crippen molar-refractivity contribution >= 4 is 17.6 Å². The van der Waals surface area contributed by atoms with E-state index in [1.807, 2.05) is 25.1 Å². The van der Waals surface area contributed by atoms with Crippen LogP contribution in [0.1, 0.15) is 18.1 Å². The van der Waals surface area contributed by atoms with Crippen LogP contribution in [0, 0.1) is 6.92 Å². The summed E-state index contributed by atoms with van der Waals surface area (Å²) in [6.07, 6.45) is 4.49. The van der Waals surface area contributed by atoms with Gasteiger partial charge >= 0.3 is 0 Å². The smallest absolute Gasteiger partial charge is 0.246 e. The van der Waals surface area contributed by atoms with Crippen LogP contribution < -0.4 is 10.2 Å². The first-order valence-electron chi connectivity index (χ1n) is 9.44. The summed E-state index contributed by atoms with van der Waals surface area (Å²) in [6.45, 7) is 7.31. The van der Waals surface area contributed by atoms with Crippen LogP contribution in [0.5, 0.6) is 0 Å². The first-order chi connectivity index (χ1) is 13.1. The zero-order valence-electron chi connectivity index (χ0n) is 16.4. The van der Waals surface area contributed by atoms with Gasteiger partial charge in [-0.15, -0.1) is 0 Å². The lowest BCUT2D eigenvalue weighted by Crippen LogP contribution is -2.55. The lowest BCUT2D eigenvalue weighted by Gasteiger charge is -2.35. The van der Waals surface area contributed by atoms with Gasteiger partial charge in [-0.2, -0.15) is 5.10 Å². The highest BCUT2D eigenvalue weighted by Gasteiger charge is 2.27. The summed E-state index contributed by atoms with van der Waals surface area (Å²) in [7, 11) is 1.86. The number of guanidine groups is 1. The lowest BCUT2D eigenvalue weighted by molar-refractivity contribution is -0.120. The van der Waals surface area contributed by atoms with Crippen molar-refractivity contribution in [2.45, 2.75) is 20.3 Å². The van der Waals surface area contributed by atoms with Crippen molar-refractivity contribution < 1.29 is 4.79 Å². The number of amides is 1. The van der Waals surface area contributed by atoms with E-state index in [0.29, 0.717) is 19.6 Å². The van der Waals surface area contributed by atoms with Crippen LogP contribution in [0.4, 0.5) is 5.69 Å². The second-order valence-electron chi connectivity index (χ2n) is 6.81. The van der Waals surface area contributed by atoms with E-state index < -0.39 is 0 Å². The molecule has 7 heteroatoms. The lowest BCUT2D eigenvalue weighted by atomic mass is 10.1. The quantitative estimate of drug-likeness (QED) is 0.643. The fourth-order valence-corrected chi connectivity index (χ4v) is 3.15. The summed E-state index contributed by atoms with van der Waals surface area (Å²) < 4.78 is 1.71. The van der Waals surface area contributed by atoms with Crippen molar-refractivity contribution in [2.75, 3.05) is 37.6 Å². The first-order valence-corrected chi connectivity index (χ1v) is 9.44. The van der Waals surface area contributed by atoms with E-state index in [2.05, 4.69) is 41.6 Å². The number of nitrogens with one attached hydrogen (secondary N) is 1. The Hall–Kier alpha value is -2.83. The van der Waals surface area contributed by atoms with Crippen molar-refractivity contribution in [1.29, 1.82) is 0 Å². The zero-order valence-corrected chi connectivity index (χ0v) is 16.4. The monoisotopic (exact) mass is 368 g/mol. The second kappa shape index (κ2) is 8.70. The van der Waals surface area contributed by atoms with Crippen LogP contribution in [-0.2, 0) is 18.3 Å². The van der Waals surface area contributed by atoms with Gasteiger partial charge in [0.05, 0.1) is 11.9 Å². The molecule has 27 heavy (non-hydrogen) atoms. The molecule has 1 aromatic carbocycles. The highest BCUT2D eigenvalue weighted by molar-refractivity contribution is 5.98. The standard InChI is InChI=1S/C20H28N6O/c1-4-21-20(22-10-9-17-7-5-16(2)6-8-17)25-11-12-26(19(27)15-25)18-13-23-24(3)14-18/h5-8,13-14H,4,9-12,15H2,1-3H3,(H,21,22). The van der Waals surface area contributed by atoms with Gasteiger partial charge in [0.15, 0.2) is 5.96 Å². The van der Waals surface area contributed by atoms with Crippen LogP contribution >= 0.6 is 0 Å². The topological polar surface area (TPSA) is 65.8 Å². The minimum atomic E-state index is 0.0680. The van der Waals surface area contributed by atoms with Crippen LogP contribution in [0.3, 0.4) is 0 Å². The molecular weight excluding hydrogens is 340 g/mol. The SMILES string of the molecule is CCNC(=NCCc1ccc(C)cc1)N1CCN(c2cnn(C)c2)C(=O)C1. The molecule has 0 saturated carbocycles. The third kappa shape index (κ3) is 4.87. The van der Waals surface area contributed by atoms with Gasteiger partial charge in [-0.1, -0.05) is 29.8 Å². The van der Waals surface area contributed by atoms with Crippen molar-refractivity contribution in [2.24, 2.45) is 12.0 Å². The predicted octanol–water partition coefficient (Wildman–Crippen LogP) is 1.59. The molecule has 2 aromatic rings. The molecule has 1 aromatic heterocycles. The molecule has 0 aliphatic carbocycles. The number of rotatable bonds is 5. The summed E-state index contributed by atoms with van der Waals surface area (Å²) in [5.41, 5.74) is 3.39. The Morgan fingerprint density at radius 2 is 2.04 bits per heavy atom. The van der Waals surface area contributed by atoms with Gasteiger partial charge in [-0.05, 0) is 25.8 Å². The van der Waals surface area contributed by atoms with E-state index >= 15 is 0 Å². The van der Waals surface area contributed by atoms with E-state index in [-0.39, 0.29) is 5.91 Å². The molecule has 2 heterocycles. The minimum Gasteiger partial charge on any atom is -0.357 e. The van der Waals surface area contributed by atoms with Gasteiger partial charge in [0.2, 0.25) is 5.91 Å². The number of piperazine rings is 1. The highest BCUT2D eigenvalue weighted by Crippen LogP contribution is 2.16. The Morgan fingerprint density at radius 1 is 1.26 bits per heavy atom. The van der Waals surface area contributed by atoms with Gasteiger partial charge in [-0.25, -0.2) is 0 Å². The number of aromatic nitrogens is 2. The van der Waals surface area contributed by atoms with Crippen LogP contribution in [-0.4, -0.2) is 59.3 Å². The van der Waals surface area contributed by atoms with Crippen LogP contribution in [0.2, 0.25) is 0 Å². The Kier molecular flexibility index (Phi) is 6.11. The number of benzene rings is 1. The maximum absolute atomic E-state index is 12.6. The van der Waals surface area contributed by atoms with Gasteiger partial charge in [0, 0.05) is 39.4 Å². The molecule has 144 valence electrons. The van der Waals surface area contributed by atoms with Crippen LogP contribution in [0.15, 0.2) is 41.7 Å². The number of carbonyl (C=O) groups is 1. The van der Waals surface area contributed by atoms with Gasteiger partial charge in [0.1, 0.15) is 6.54 Å². The van der Waals surface area contributed by atoms with Gasteiger partial charge in [0.25, 0.3) is 0 Å². The number of carbonyl (C=O) groups excluding carboxylic acids is 1. The van der Waals surface area contributed by atoms with Crippen LogP contribution in [0.25, 0.3) is 0 Å². The molecule has 7 nitrogen and oxygen atoms in total. The Labute approximate surface area is 160 Å². The highest BCUT2D eigenvalue weighted by atomic mass is 16.2. The first kappa shape index (κ1) is 18.9. The summed E-state index contributed by atoms with van der Waals surface area (Å²) in [4.78, 5) is 21.2. The second-order valence-corrected chi connectivity index (χ2v) is 6.81. The molecule has 1 N–H and O–H groups in total. The van der Waals surface area contributed by atoms with E-state index in [0.717, 1.165) is 31.2 Å². The molecule has 3 rings (SSSR count). The Balaban J connectivity index is 1.61. The predicted molar refractivity (Wildman–Crippen MR) is 108 cm³/mol. The largest absolute Gasteiger partial charge is 0.357 e. The summed E-state index contributed by atoms with van der Waals surface area (Å²) >= 11 is 0. The fourth-order valence-electron chi connectivity index (χ4n) is 3.15. The Morgan fingerprint density at radius 3 is 2.67 bits per heavy atom. The molecule has 0 spiro atoms. The van der Waals surface area contributed by atoms with E-state index in [1.54, 1.807) is 15.8 Å². The normalized spacial score (nSPS) is 15.4. The number of nitrogens with zero attached hydrogens (tertiary/aromatic N) is 5. The van der Waals surface area contributed by atoms with Crippen molar-refractivity contribution in [1.82, 2.24) is 20.0 Å². The van der Waals surface area contributed by atoms with E-state index in [1.165, 1.54) is 11.1 Å². The number of aliphatic imine (C=N–C) groups is 1. The zero-order chi connectivity index (χ0) is 19.2. The molecule has 0 bridgehead atoms. The molecule has 1 aliphatic heterocycles. The van der Waals surface area contributed by atoms with E-state index in [4.69, 9.17) is 4.99 Å². The molecule has 1 saturated heterocycles. The molecule has 1 fully saturated rings. The number of anilines is 1. The van der Waals surface area contributed by atoms with E-state index in [9.17, 15) is 4.79 Å². The third-order valence-electron chi connectivity index (χ3n) is 4.64. The molecule has 1 aliphatic rings. The average molecular weight is 368 g/mol. The number of hydrogen-bond acceptors (Lipinski definition) is 3. The molecular formula is C20H28N6O. The third-order valence-corrected chi connectivity index (χ3v) is 4.64. The summed E-state index contributed by atoms with van der Waals surface area (Å²) in [5.74, 6) is 0.877. The number of aryl methyl sites for hydroxylation is 2. The maximum atomic E-state index is 12.6. The number of hydrogen-bond donors (Lipinski definition) is 1. The molecule has 0 unspecified atom stereocenters. The molecule has 0 atom stereocenters. The average Bonchev–Trinajstić information content (AvgIpc) is 3.08. The van der Waals surface area contributed by atoms with Gasteiger partial charge < -0.3 is 15.1 Å². The maximum Gasteiger partial charge on any atom is 0.246 e. The van der Waals surface area contributed by atoms with Gasteiger partial charge in [-0.3, -0.25) is 14.5 Å². The summed E-state index contributed by atoms with van der Waals surface area (Å²) in [6, 6.07) is 8.54. The molecule has 1 amide bonds. The summed E-state index contributed by atoms with van der Waals surface area (Å²) in [5, 5.41) is 7.47. The van der Waals surface area contributed by atoms with Crippen molar-refractivity contribution in [3.63, 3.8) is 0 Å². The minimum absolute atomic E-state index is 0.0680. The Bertz CT molecular complexity index is 795. The molecule has 0 radical (unpaired) electrons.